The number of anilines is 1. The third kappa shape index (κ3) is 1.78. The highest BCUT2D eigenvalue weighted by Gasteiger charge is 2.23. The van der Waals surface area contributed by atoms with E-state index in [4.69, 9.17) is 4.74 Å². The first-order valence-electron chi connectivity index (χ1n) is 4.45. The average molecular weight is 206 g/mol. The highest BCUT2D eigenvalue weighted by atomic mass is 16.5. The van der Waals surface area contributed by atoms with Crippen LogP contribution in [0.3, 0.4) is 0 Å². The highest BCUT2D eigenvalue weighted by Crippen LogP contribution is 2.18. The van der Waals surface area contributed by atoms with Crippen molar-refractivity contribution in [3.8, 4) is 5.88 Å². The molecule has 2 heterocycles. The van der Waals surface area contributed by atoms with Crippen molar-refractivity contribution in [2.75, 3.05) is 12.1 Å². The number of amides is 1. The van der Waals surface area contributed by atoms with Crippen LogP contribution in [-0.2, 0) is 4.79 Å². The zero-order valence-corrected chi connectivity index (χ0v) is 8.47. The quantitative estimate of drug-likeness (QED) is 0.710. The molecule has 0 radical (unpaired) electrons. The van der Waals surface area contributed by atoms with Gasteiger partial charge in [-0.1, -0.05) is 0 Å². The van der Waals surface area contributed by atoms with Crippen LogP contribution in [0.1, 0.15) is 13.3 Å². The molecule has 0 fully saturated rings. The van der Waals surface area contributed by atoms with Gasteiger partial charge in [-0.2, -0.15) is 10.1 Å². The molecule has 0 saturated heterocycles. The van der Waals surface area contributed by atoms with E-state index >= 15 is 0 Å². The van der Waals surface area contributed by atoms with Gasteiger partial charge in [-0.3, -0.25) is 4.79 Å². The van der Waals surface area contributed by atoms with Crippen LogP contribution in [0.2, 0.25) is 0 Å². The first-order chi connectivity index (χ1) is 7.20. The second kappa shape index (κ2) is 3.64. The lowest BCUT2D eigenvalue weighted by Gasteiger charge is -2.09. The average Bonchev–Trinajstić information content (AvgIpc) is 2.58. The summed E-state index contributed by atoms with van der Waals surface area (Å²) in [5.41, 5.74) is 0.776. The molecule has 0 unspecified atom stereocenters. The SMILES string of the molecule is COc1ccc(N2N=C(C)CC2=O)nn1. The van der Waals surface area contributed by atoms with Crippen molar-refractivity contribution >= 4 is 17.4 Å². The number of ether oxygens (including phenoxy) is 1. The van der Waals surface area contributed by atoms with Crippen LogP contribution >= 0.6 is 0 Å². The normalized spacial score (nSPS) is 15.5. The Balaban J connectivity index is 2.26. The fourth-order valence-corrected chi connectivity index (χ4v) is 1.27. The van der Waals surface area contributed by atoms with Gasteiger partial charge in [0.1, 0.15) is 0 Å². The van der Waals surface area contributed by atoms with Crippen molar-refractivity contribution in [2.24, 2.45) is 5.10 Å². The third-order valence-electron chi connectivity index (χ3n) is 1.97. The van der Waals surface area contributed by atoms with Crippen LogP contribution in [0.25, 0.3) is 0 Å². The van der Waals surface area contributed by atoms with E-state index in [1.807, 2.05) is 0 Å². The van der Waals surface area contributed by atoms with E-state index in [0.29, 0.717) is 18.1 Å². The van der Waals surface area contributed by atoms with E-state index in [9.17, 15) is 4.79 Å². The molecule has 78 valence electrons. The van der Waals surface area contributed by atoms with Crippen molar-refractivity contribution in [1.82, 2.24) is 10.2 Å². The number of methoxy groups -OCH3 is 1. The molecule has 6 nitrogen and oxygen atoms in total. The Morgan fingerprint density at radius 1 is 1.40 bits per heavy atom. The third-order valence-corrected chi connectivity index (χ3v) is 1.97. The van der Waals surface area contributed by atoms with E-state index < -0.39 is 0 Å². The molecule has 0 atom stereocenters. The molecule has 0 aliphatic carbocycles. The van der Waals surface area contributed by atoms with Gasteiger partial charge in [-0.15, -0.1) is 10.2 Å². The summed E-state index contributed by atoms with van der Waals surface area (Å²) < 4.78 is 4.87. The fourth-order valence-electron chi connectivity index (χ4n) is 1.27. The van der Waals surface area contributed by atoms with Crippen molar-refractivity contribution in [3.63, 3.8) is 0 Å². The summed E-state index contributed by atoms with van der Waals surface area (Å²) in [5.74, 6) is 0.732. The minimum Gasteiger partial charge on any atom is -0.480 e. The first kappa shape index (κ1) is 9.57. The topological polar surface area (TPSA) is 67.7 Å². The Hall–Kier alpha value is -1.98. The molecule has 2 rings (SSSR count). The van der Waals surface area contributed by atoms with Crippen LogP contribution in [0.15, 0.2) is 17.2 Å². The van der Waals surface area contributed by atoms with Gasteiger partial charge >= 0.3 is 0 Å². The van der Waals surface area contributed by atoms with Crippen LogP contribution in [0.5, 0.6) is 5.88 Å². The Morgan fingerprint density at radius 3 is 2.67 bits per heavy atom. The number of hydrazone groups is 1. The Morgan fingerprint density at radius 2 is 2.20 bits per heavy atom. The molecular formula is C9H10N4O2. The van der Waals surface area contributed by atoms with Crippen LogP contribution in [0, 0.1) is 0 Å². The predicted octanol–water partition coefficient (Wildman–Crippen LogP) is 0.598. The number of rotatable bonds is 2. The molecule has 0 aromatic carbocycles. The van der Waals surface area contributed by atoms with Gasteiger partial charge in [-0.05, 0) is 13.0 Å². The smallest absolute Gasteiger partial charge is 0.254 e. The zero-order valence-electron chi connectivity index (χ0n) is 8.47. The number of carbonyl (C=O) groups is 1. The molecule has 15 heavy (non-hydrogen) atoms. The Labute approximate surface area is 86.6 Å². The monoisotopic (exact) mass is 206 g/mol. The number of nitrogens with zero attached hydrogens (tertiary/aromatic N) is 4. The summed E-state index contributed by atoms with van der Waals surface area (Å²) in [4.78, 5) is 11.5. The molecule has 1 aromatic heterocycles. The van der Waals surface area contributed by atoms with Crippen LogP contribution in [-0.4, -0.2) is 28.9 Å². The van der Waals surface area contributed by atoms with Gasteiger partial charge in [-0.25, -0.2) is 0 Å². The van der Waals surface area contributed by atoms with E-state index in [1.54, 1.807) is 19.1 Å². The lowest BCUT2D eigenvalue weighted by Crippen LogP contribution is -2.20. The maximum absolute atomic E-state index is 11.5. The number of hydrogen-bond acceptors (Lipinski definition) is 5. The molecule has 0 N–H and O–H groups in total. The van der Waals surface area contributed by atoms with E-state index in [0.717, 1.165) is 5.71 Å². The van der Waals surface area contributed by atoms with Crippen molar-refractivity contribution in [1.29, 1.82) is 0 Å². The lowest BCUT2D eigenvalue weighted by atomic mass is 10.3. The Bertz CT molecular complexity index is 413. The molecule has 1 aromatic rings. The molecule has 0 saturated carbocycles. The second-order valence-corrected chi connectivity index (χ2v) is 3.15. The number of aromatic nitrogens is 2. The maximum atomic E-state index is 11.5. The summed E-state index contributed by atoms with van der Waals surface area (Å²) in [6.45, 7) is 1.80. The second-order valence-electron chi connectivity index (χ2n) is 3.15. The van der Waals surface area contributed by atoms with E-state index in [-0.39, 0.29) is 5.91 Å². The molecule has 1 amide bonds. The maximum Gasteiger partial charge on any atom is 0.254 e. The lowest BCUT2D eigenvalue weighted by molar-refractivity contribution is -0.116. The van der Waals surface area contributed by atoms with Gasteiger partial charge in [0, 0.05) is 11.8 Å². The summed E-state index contributed by atoms with van der Waals surface area (Å²) in [6, 6.07) is 3.28. The first-order valence-corrected chi connectivity index (χ1v) is 4.45. The molecule has 0 spiro atoms. The minimum atomic E-state index is -0.0908. The van der Waals surface area contributed by atoms with Gasteiger partial charge in [0.15, 0.2) is 5.82 Å². The standard InChI is InChI=1S/C9H10N4O2/c1-6-5-9(14)13(12-6)7-3-4-8(15-2)11-10-7/h3-4H,5H2,1-2H3. The summed E-state index contributed by atoms with van der Waals surface area (Å²) in [5, 5.41) is 12.9. The van der Waals surface area contributed by atoms with E-state index in [2.05, 4.69) is 15.3 Å². The largest absolute Gasteiger partial charge is 0.480 e. The van der Waals surface area contributed by atoms with Crippen molar-refractivity contribution in [2.45, 2.75) is 13.3 Å². The minimum absolute atomic E-state index is 0.0908. The van der Waals surface area contributed by atoms with Gasteiger partial charge in [0.25, 0.3) is 5.91 Å². The van der Waals surface area contributed by atoms with Crippen molar-refractivity contribution < 1.29 is 9.53 Å². The van der Waals surface area contributed by atoms with Crippen LogP contribution < -0.4 is 9.75 Å². The molecule has 6 heteroatoms. The zero-order chi connectivity index (χ0) is 10.8. The number of carbonyl (C=O) groups excluding carboxylic acids is 1. The summed E-state index contributed by atoms with van der Waals surface area (Å²) in [6.07, 6.45) is 0.341. The fraction of sp³-hybridized carbons (Fsp3) is 0.333. The summed E-state index contributed by atoms with van der Waals surface area (Å²) >= 11 is 0. The highest BCUT2D eigenvalue weighted by molar-refractivity contribution is 6.11. The summed E-state index contributed by atoms with van der Waals surface area (Å²) in [7, 11) is 1.51. The van der Waals surface area contributed by atoms with Crippen molar-refractivity contribution in [3.05, 3.63) is 12.1 Å². The number of hydrogen-bond donors (Lipinski definition) is 0. The van der Waals surface area contributed by atoms with Gasteiger partial charge in [0.2, 0.25) is 5.88 Å². The predicted molar refractivity (Wildman–Crippen MR) is 53.8 cm³/mol. The molecule has 1 aliphatic heterocycles. The van der Waals surface area contributed by atoms with Gasteiger partial charge < -0.3 is 4.74 Å². The van der Waals surface area contributed by atoms with Gasteiger partial charge in [0.05, 0.1) is 13.5 Å². The van der Waals surface area contributed by atoms with E-state index in [1.165, 1.54) is 12.1 Å². The molecular weight excluding hydrogens is 196 g/mol. The van der Waals surface area contributed by atoms with Crippen LogP contribution in [0.4, 0.5) is 5.82 Å². The molecule has 1 aliphatic rings. The molecule has 0 bridgehead atoms. The Kier molecular flexibility index (Phi) is 2.32.